The molecule has 0 saturated carbocycles. The average molecular weight is 372 g/mol. The molecule has 0 N–H and O–H groups in total. The minimum atomic E-state index is 0.304. The zero-order valence-electron chi connectivity index (χ0n) is 16.2. The van der Waals surface area contributed by atoms with Crippen molar-refractivity contribution in [3.05, 3.63) is 108 Å². The molecule has 0 amide bonds. The van der Waals surface area contributed by atoms with Gasteiger partial charge < -0.3 is 0 Å². The second kappa shape index (κ2) is 6.18. The van der Waals surface area contributed by atoms with Crippen LogP contribution in [0, 0.1) is 0 Å². The van der Waals surface area contributed by atoms with Gasteiger partial charge in [-0.25, -0.2) is 4.98 Å². The monoisotopic (exact) mass is 372 g/mol. The van der Waals surface area contributed by atoms with Crippen molar-refractivity contribution in [3.63, 3.8) is 0 Å². The summed E-state index contributed by atoms with van der Waals surface area (Å²) in [4.78, 5) is 5.09. The van der Waals surface area contributed by atoms with E-state index in [1.54, 1.807) is 0 Å². The molecule has 1 unspecified atom stereocenters. The lowest BCUT2D eigenvalue weighted by atomic mass is 9.83. The van der Waals surface area contributed by atoms with Crippen LogP contribution >= 0.6 is 0 Å². The first-order valence-corrected chi connectivity index (χ1v) is 10.1. The fourth-order valence-electron chi connectivity index (χ4n) is 4.73. The first-order chi connectivity index (χ1) is 14.3. The fraction of sp³-hybridized carbons (Fsp3) is 0.0741. The Kier molecular flexibility index (Phi) is 3.48. The lowest BCUT2D eigenvalue weighted by Crippen LogP contribution is -2.13. The summed E-state index contributed by atoms with van der Waals surface area (Å²) < 4.78 is 2.36. The molecule has 2 heteroatoms. The van der Waals surface area contributed by atoms with Crippen LogP contribution in [0.25, 0.3) is 39.2 Å². The Hall–Kier alpha value is -3.65. The van der Waals surface area contributed by atoms with Crippen molar-refractivity contribution in [1.82, 2.24) is 9.55 Å². The molecule has 0 saturated heterocycles. The van der Waals surface area contributed by atoms with Crippen molar-refractivity contribution in [2.75, 3.05) is 0 Å². The van der Waals surface area contributed by atoms with E-state index in [0.717, 1.165) is 16.9 Å². The average Bonchev–Trinajstić information content (AvgIpc) is 3.18. The number of imidazole rings is 1. The molecule has 1 aliphatic heterocycles. The van der Waals surface area contributed by atoms with E-state index in [1.807, 2.05) is 0 Å². The van der Waals surface area contributed by atoms with Crippen LogP contribution in [0.1, 0.15) is 24.0 Å². The Labute approximate surface area is 170 Å². The van der Waals surface area contributed by atoms with Gasteiger partial charge in [-0.05, 0) is 34.4 Å². The van der Waals surface area contributed by atoms with Crippen LogP contribution in [-0.2, 0) is 0 Å². The Morgan fingerprint density at radius 1 is 0.690 bits per heavy atom. The van der Waals surface area contributed by atoms with Gasteiger partial charge >= 0.3 is 0 Å². The third kappa shape index (κ3) is 2.32. The lowest BCUT2D eigenvalue weighted by Gasteiger charge is -2.28. The number of nitrogens with zero attached hydrogens (tertiary/aromatic N) is 2. The summed E-state index contributed by atoms with van der Waals surface area (Å²) in [7, 11) is 0. The topological polar surface area (TPSA) is 17.8 Å². The summed E-state index contributed by atoms with van der Waals surface area (Å²) in [5.41, 5.74) is 9.92. The quantitative estimate of drug-likeness (QED) is 0.332. The second-order valence-electron chi connectivity index (χ2n) is 7.68. The lowest BCUT2D eigenvalue weighted by molar-refractivity contribution is 0.875. The van der Waals surface area contributed by atoms with Crippen molar-refractivity contribution in [2.24, 2.45) is 0 Å². The Morgan fingerprint density at radius 2 is 1.34 bits per heavy atom. The van der Waals surface area contributed by atoms with Crippen molar-refractivity contribution in [2.45, 2.75) is 12.8 Å². The Bertz CT molecular complexity index is 1350. The zero-order valence-corrected chi connectivity index (χ0v) is 16.2. The maximum atomic E-state index is 5.09. The van der Waals surface area contributed by atoms with E-state index in [2.05, 4.69) is 109 Å². The number of hydrogen-bond acceptors (Lipinski definition) is 1. The van der Waals surface area contributed by atoms with Gasteiger partial charge in [-0.15, -0.1) is 0 Å². The molecule has 0 fully saturated rings. The molecule has 0 aliphatic carbocycles. The standard InChI is InChI=1S/C27H20N2/c1-18-21-14-8-9-15-24(21)29-26-23(28-27(29)20-12-6-3-7-13-20)17-16-22(25(18)26)19-10-4-2-5-11-19/h2-18H,1H3. The second-order valence-corrected chi connectivity index (χ2v) is 7.68. The van der Waals surface area contributed by atoms with Crippen LogP contribution in [0.2, 0.25) is 0 Å². The Morgan fingerprint density at radius 3 is 2.10 bits per heavy atom. The normalized spacial score (nSPS) is 14.7. The van der Waals surface area contributed by atoms with E-state index in [-0.39, 0.29) is 0 Å². The van der Waals surface area contributed by atoms with Crippen LogP contribution in [0.5, 0.6) is 0 Å². The smallest absolute Gasteiger partial charge is 0.145 e. The van der Waals surface area contributed by atoms with E-state index < -0.39 is 0 Å². The summed E-state index contributed by atoms with van der Waals surface area (Å²) in [6, 6.07) is 34.3. The molecule has 0 spiro atoms. The van der Waals surface area contributed by atoms with Gasteiger partial charge in [-0.3, -0.25) is 4.57 Å². The SMILES string of the molecule is CC1c2ccccc2-n2c(-c3ccccc3)nc3ccc(-c4ccccc4)c1c32. The van der Waals surface area contributed by atoms with Crippen LogP contribution in [0.15, 0.2) is 97.1 Å². The summed E-state index contributed by atoms with van der Waals surface area (Å²) in [5.74, 6) is 1.31. The number of hydrogen-bond donors (Lipinski definition) is 0. The number of benzene rings is 4. The van der Waals surface area contributed by atoms with Crippen LogP contribution in [0.4, 0.5) is 0 Å². The number of fused-ring (bicyclic) bond motifs is 2. The highest BCUT2D eigenvalue weighted by Crippen LogP contribution is 2.46. The number of rotatable bonds is 2. The van der Waals surface area contributed by atoms with E-state index in [1.165, 1.54) is 33.5 Å². The molecule has 0 bridgehead atoms. The third-order valence-electron chi connectivity index (χ3n) is 6.05. The molecule has 1 atom stereocenters. The highest BCUT2D eigenvalue weighted by atomic mass is 15.1. The maximum absolute atomic E-state index is 5.09. The van der Waals surface area contributed by atoms with Gasteiger partial charge in [-0.1, -0.05) is 91.9 Å². The van der Waals surface area contributed by atoms with Gasteiger partial charge in [0.1, 0.15) is 5.82 Å². The largest absolute Gasteiger partial charge is 0.292 e. The molecule has 1 aromatic heterocycles. The predicted molar refractivity (Wildman–Crippen MR) is 119 cm³/mol. The minimum absolute atomic E-state index is 0.304. The first-order valence-electron chi connectivity index (χ1n) is 10.1. The summed E-state index contributed by atoms with van der Waals surface area (Å²) in [6.45, 7) is 2.32. The highest BCUT2D eigenvalue weighted by Gasteiger charge is 2.30. The van der Waals surface area contributed by atoms with E-state index in [0.29, 0.717) is 5.92 Å². The van der Waals surface area contributed by atoms with E-state index in [4.69, 9.17) is 4.98 Å². The molecule has 2 nitrogen and oxygen atoms in total. The molecule has 2 heterocycles. The molecular formula is C27H20N2. The van der Waals surface area contributed by atoms with Crippen LogP contribution in [0.3, 0.4) is 0 Å². The minimum Gasteiger partial charge on any atom is -0.292 e. The van der Waals surface area contributed by atoms with Crippen molar-refractivity contribution >= 4 is 11.0 Å². The van der Waals surface area contributed by atoms with Gasteiger partial charge in [0.05, 0.1) is 16.7 Å². The van der Waals surface area contributed by atoms with Crippen LogP contribution in [-0.4, -0.2) is 9.55 Å². The maximum Gasteiger partial charge on any atom is 0.145 e. The first kappa shape index (κ1) is 16.3. The van der Waals surface area contributed by atoms with Gasteiger partial charge in [-0.2, -0.15) is 0 Å². The van der Waals surface area contributed by atoms with Crippen molar-refractivity contribution in [3.8, 4) is 28.2 Å². The molecule has 1 aliphatic rings. The molecule has 4 aromatic carbocycles. The molecule has 29 heavy (non-hydrogen) atoms. The highest BCUT2D eigenvalue weighted by molar-refractivity contribution is 5.94. The molecule has 0 radical (unpaired) electrons. The third-order valence-corrected chi connectivity index (χ3v) is 6.05. The fourth-order valence-corrected chi connectivity index (χ4v) is 4.73. The predicted octanol–water partition coefficient (Wildman–Crippen LogP) is 6.82. The van der Waals surface area contributed by atoms with Crippen molar-refractivity contribution < 1.29 is 0 Å². The molecule has 138 valence electrons. The summed E-state index contributed by atoms with van der Waals surface area (Å²) >= 11 is 0. The van der Waals surface area contributed by atoms with Crippen LogP contribution < -0.4 is 0 Å². The van der Waals surface area contributed by atoms with E-state index in [9.17, 15) is 0 Å². The van der Waals surface area contributed by atoms with Gasteiger partial charge in [0.15, 0.2) is 0 Å². The number of aromatic nitrogens is 2. The molecule has 6 rings (SSSR count). The molecule has 5 aromatic rings. The Balaban J connectivity index is 1.77. The summed E-state index contributed by atoms with van der Waals surface area (Å²) in [6.07, 6.45) is 0. The number of para-hydroxylation sites is 1. The molecular weight excluding hydrogens is 352 g/mol. The zero-order chi connectivity index (χ0) is 19.4. The van der Waals surface area contributed by atoms with Gasteiger partial charge in [0, 0.05) is 11.5 Å². The summed E-state index contributed by atoms with van der Waals surface area (Å²) in [5, 5.41) is 0. The van der Waals surface area contributed by atoms with Gasteiger partial charge in [0.2, 0.25) is 0 Å². The van der Waals surface area contributed by atoms with E-state index >= 15 is 0 Å². The van der Waals surface area contributed by atoms with Crippen molar-refractivity contribution in [1.29, 1.82) is 0 Å². The van der Waals surface area contributed by atoms with Gasteiger partial charge in [0.25, 0.3) is 0 Å².